The highest BCUT2D eigenvalue weighted by atomic mass is 16.5. The summed E-state index contributed by atoms with van der Waals surface area (Å²) in [6, 6.07) is 18.8. The molecule has 12 heteroatoms. The second-order valence-corrected chi connectivity index (χ2v) is 10.1. The zero-order chi connectivity index (χ0) is 32.2. The third-order valence-corrected chi connectivity index (χ3v) is 7.40. The van der Waals surface area contributed by atoms with Gasteiger partial charge in [0.15, 0.2) is 23.0 Å². The Hall–Kier alpha value is -5.78. The van der Waals surface area contributed by atoms with Crippen LogP contribution in [-0.4, -0.2) is 75.8 Å². The molecule has 0 saturated carbocycles. The molecular weight excluding hydrogens is 592 g/mol. The van der Waals surface area contributed by atoms with Gasteiger partial charge in [-0.25, -0.2) is 9.97 Å². The van der Waals surface area contributed by atoms with E-state index in [-0.39, 0.29) is 0 Å². The number of hydrogen-bond donors (Lipinski definition) is 2. The lowest BCUT2D eigenvalue weighted by Gasteiger charge is -2.13. The highest BCUT2D eigenvalue weighted by Gasteiger charge is 2.18. The smallest absolute Gasteiger partial charge is 0.203 e. The largest absolute Gasteiger partial charge is 0.493 e. The molecule has 0 aliphatic carbocycles. The Morgan fingerprint density at radius 3 is 1.17 bits per heavy atom. The minimum absolute atomic E-state index is 0.344. The predicted octanol–water partition coefficient (Wildman–Crippen LogP) is 6.28. The minimum Gasteiger partial charge on any atom is -0.493 e. The fourth-order valence-electron chi connectivity index (χ4n) is 5.19. The molecule has 4 aromatic carbocycles. The summed E-state index contributed by atoms with van der Waals surface area (Å²) >= 11 is 0. The third-order valence-electron chi connectivity index (χ3n) is 7.40. The Morgan fingerprint density at radius 1 is 0.478 bits per heavy atom. The summed E-state index contributed by atoms with van der Waals surface area (Å²) in [5.41, 5.74) is 4.85. The number of nitrogens with zero attached hydrogens (tertiary/aromatic N) is 2. The first kappa shape index (κ1) is 30.3. The van der Waals surface area contributed by atoms with E-state index in [1.165, 1.54) is 0 Å². The minimum atomic E-state index is 0.344. The van der Waals surface area contributed by atoms with Crippen molar-refractivity contribution >= 4 is 22.1 Å². The summed E-state index contributed by atoms with van der Waals surface area (Å²) in [6.07, 6.45) is 0. The highest BCUT2D eigenvalue weighted by molar-refractivity contribution is 5.83. The van der Waals surface area contributed by atoms with Crippen LogP contribution in [0.15, 0.2) is 60.7 Å². The van der Waals surface area contributed by atoms with E-state index in [4.69, 9.17) is 47.9 Å². The van der Waals surface area contributed by atoms with Crippen LogP contribution in [-0.2, 0) is 0 Å². The van der Waals surface area contributed by atoms with Crippen LogP contribution in [0.25, 0.3) is 44.8 Å². The molecule has 0 bridgehead atoms. The van der Waals surface area contributed by atoms with Crippen molar-refractivity contribution in [1.82, 2.24) is 19.9 Å². The van der Waals surface area contributed by atoms with Crippen LogP contribution in [0.1, 0.15) is 0 Å². The lowest BCUT2D eigenvalue weighted by Crippen LogP contribution is -2.08. The number of imidazole rings is 2. The molecule has 6 rings (SSSR count). The number of hydrogen-bond acceptors (Lipinski definition) is 10. The Bertz CT molecular complexity index is 1810. The molecule has 0 fully saturated rings. The predicted molar refractivity (Wildman–Crippen MR) is 173 cm³/mol. The average Bonchev–Trinajstić information content (AvgIpc) is 3.72. The molecule has 6 aromatic rings. The topological polar surface area (TPSA) is 131 Å². The van der Waals surface area contributed by atoms with Crippen LogP contribution < -0.4 is 37.9 Å². The number of H-pyrrole nitrogens is 2. The summed E-state index contributed by atoms with van der Waals surface area (Å²) < 4.78 is 44.8. The second kappa shape index (κ2) is 13.1. The fourth-order valence-corrected chi connectivity index (χ4v) is 5.19. The number of ether oxygens (including phenoxy) is 8. The number of rotatable bonds is 13. The van der Waals surface area contributed by atoms with E-state index in [0.29, 0.717) is 70.9 Å². The molecule has 0 atom stereocenters. The number of benzene rings is 4. The Balaban J connectivity index is 1.11. The maximum absolute atomic E-state index is 5.98. The fraction of sp³-hybridized carbons (Fsp3) is 0.235. The molecule has 0 amide bonds. The normalized spacial score (nSPS) is 11.0. The number of fused-ring (bicyclic) bond motifs is 2. The molecule has 0 aliphatic rings. The molecule has 46 heavy (non-hydrogen) atoms. The van der Waals surface area contributed by atoms with Gasteiger partial charge in [-0.15, -0.1) is 0 Å². The molecule has 2 N–H and O–H groups in total. The zero-order valence-corrected chi connectivity index (χ0v) is 26.3. The van der Waals surface area contributed by atoms with E-state index < -0.39 is 0 Å². The van der Waals surface area contributed by atoms with Crippen molar-refractivity contribution < 1.29 is 37.9 Å². The molecule has 0 aliphatic heterocycles. The summed E-state index contributed by atoms with van der Waals surface area (Å²) in [5, 5.41) is 0. The summed E-state index contributed by atoms with van der Waals surface area (Å²) in [5.74, 6) is 5.94. The quantitative estimate of drug-likeness (QED) is 0.141. The molecule has 0 unspecified atom stereocenters. The van der Waals surface area contributed by atoms with Crippen molar-refractivity contribution in [3.8, 4) is 68.8 Å². The number of methoxy groups -OCH3 is 6. The van der Waals surface area contributed by atoms with Gasteiger partial charge in [-0.3, -0.25) is 0 Å². The Morgan fingerprint density at radius 2 is 0.848 bits per heavy atom. The highest BCUT2D eigenvalue weighted by Crippen LogP contribution is 2.42. The van der Waals surface area contributed by atoms with Crippen molar-refractivity contribution in [2.75, 3.05) is 55.9 Å². The van der Waals surface area contributed by atoms with Crippen molar-refractivity contribution in [2.24, 2.45) is 0 Å². The van der Waals surface area contributed by atoms with Crippen molar-refractivity contribution in [1.29, 1.82) is 0 Å². The maximum atomic E-state index is 5.98. The van der Waals surface area contributed by atoms with Gasteiger partial charge in [0, 0.05) is 23.3 Å². The van der Waals surface area contributed by atoms with Crippen molar-refractivity contribution in [3.05, 3.63) is 60.7 Å². The van der Waals surface area contributed by atoms with E-state index >= 15 is 0 Å². The van der Waals surface area contributed by atoms with Gasteiger partial charge in [-0.2, -0.15) is 0 Å². The van der Waals surface area contributed by atoms with Gasteiger partial charge < -0.3 is 47.9 Å². The average molecular weight is 627 g/mol. The molecule has 0 saturated heterocycles. The lowest BCUT2D eigenvalue weighted by atomic mass is 10.1. The van der Waals surface area contributed by atoms with Gasteiger partial charge in [-0.1, -0.05) is 0 Å². The maximum Gasteiger partial charge on any atom is 0.203 e. The standard InChI is InChI=1S/C34H34N4O8/c1-39-27-13-19(14-28(40-2)31(27)43-5)33-35-23-9-7-21(17-25(23)37-33)45-11-12-46-22-8-10-24-26(18-22)38-34(36-24)20-15-29(41-3)32(44-6)30(16-20)42-4/h7-10,13-18H,11-12H2,1-6H3,(H,35,37)(H,36,38). The van der Waals surface area contributed by atoms with E-state index in [1.54, 1.807) is 42.7 Å². The molecular formula is C34H34N4O8. The first-order valence-electron chi connectivity index (χ1n) is 14.3. The van der Waals surface area contributed by atoms with E-state index in [2.05, 4.69) is 9.97 Å². The summed E-state index contributed by atoms with van der Waals surface area (Å²) in [7, 11) is 9.47. The monoisotopic (exact) mass is 626 g/mol. The van der Waals surface area contributed by atoms with Crippen LogP contribution >= 0.6 is 0 Å². The van der Waals surface area contributed by atoms with Crippen LogP contribution in [0.2, 0.25) is 0 Å². The third kappa shape index (κ3) is 5.84. The molecule has 0 radical (unpaired) electrons. The van der Waals surface area contributed by atoms with E-state index in [1.807, 2.05) is 60.7 Å². The second-order valence-electron chi connectivity index (χ2n) is 10.1. The van der Waals surface area contributed by atoms with Gasteiger partial charge in [0.25, 0.3) is 0 Å². The van der Waals surface area contributed by atoms with Gasteiger partial charge in [0.2, 0.25) is 11.5 Å². The SMILES string of the molecule is COc1cc(-c2nc3ccc(OCCOc4ccc5nc(-c6cc(OC)c(OC)c(OC)c6)[nH]c5c4)cc3[nH]2)cc(OC)c1OC. The first-order valence-corrected chi connectivity index (χ1v) is 14.3. The van der Waals surface area contributed by atoms with Gasteiger partial charge in [0.1, 0.15) is 36.4 Å². The number of aromatic nitrogens is 4. The molecule has 2 heterocycles. The van der Waals surface area contributed by atoms with Crippen LogP contribution in [0.5, 0.6) is 46.0 Å². The number of aromatic amines is 2. The zero-order valence-electron chi connectivity index (χ0n) is 26.3. The van der Waals surface area contributed by atoms with Gasteiger partial charge >= 0.3 is 0 Å². The molecule has 0 spiro atoms. The van der Waals surface area contributed by atoms with Gasteiger partial charge in [0.05, 0.1) is 64.7 Å². The Kier molecular flexibility index (Phi) is 8.59. The Labute approximate surface area is 265 Å². The molecule has 12 nitrogen and oxygen atoms in total. The summed E-state index contributed by atoms with van der Waals surface area (Å²) in [6.45, 7) is 0.689. The first-order chi connectivity index (χ1) is 22.5. The number of nitrogens with one attached hydrogen (secondary N) is 2. The van der Waals surface area contributed by atoms with E-state index in [9.17, 15) is 0 Å². The summed E-state index contributed by atoms with van der Waals surface area (Å²) in [4.78, 5) is 16.2. The lowest BCUT2D eigenvalue weighted by molar-refractivity contribution is 0.217. The van der Waals surface area contributed by atoms with Crippen LogP contribution in [0.4, 0.5) is 0 Å². The molecule has 2 aromatic heterocycles. The van der Waals surface area contributed by atoms with E-state index in [0.717, 1.165) is 33.2 Å². The van der Waals surface area contributed by atoms with Gasteiger partial charge in [-0.05, 0) is 48.5 Å². The molecule has 238 valence electrons. The van der Waals surface area contributed by atoms with Crippen LogP contribution in [0, 0.1) is 0 Å². The van der Waals surface area contributed by atoms with Crippen molar-refractivity contribution in [3.63, 3.8) is 0 Å². The van der Waals surface area contributed by atoms with Crippen molar-refractivity contribution in [2.45, 2.75) is 0 Å². The van der Waals surface area contributed by atoms with Crippen LogP contribution in [0.3, 0.4) is 0 Å².